The number of rotatable bonds is 8. The van der Waals surface area contributed by atoms with E-state index in [1.54, 1.807) is 6.20 Å². The SMILES string of the molecule is Cc1cc(C(c2ccccc2)c2ccccc2)cc(C(c2ccccc2)c2ccccc2)c1N=Cc1ccccn1. The van der Waals surface area contributed by atoms with Gasteiger partial charge in [0, 0.05) is 18.0 Å². The predicted octanol–water partition coefficient (Wildman–Crippen LogP) is 9.50. The molecule has 6 aromatic rings. The average Bonchev–Trinajstić information content (AvgIpc) is 3.04. The van der Waals surface area contributed by atoms with E-state index in [0.717, 1.165) is 16.9 Å². The number of aliphatic imine (C=N–C) groups is 1. The van der Waals surface area contributed by atoms with Crippen LogP contribution in [0.3, 0.4) is 0 Å². The first-order valence-corrected chi connectivity index (χ1v) is 14.1. The molecule has 0 saturated carbocycles. The Balaban J connectivity index is 1.61. The van der Waals surface area contributed by atoms with E-state index >= 15 is 0 Å². The number of hydrogen-bond acceptors (Lipinski definition) is 2. The first kappa shape index (κ1) is 26.2. The second-order valence-electron chi connectivity index (χ2n) is 10.3. The van der Waals surface area contributed by atoms with Gasteiger partial charge in [-0.05, 0) is 58.0 Å². The Kier molecular flexibility index (Phi) is 7.91. The van der Waals surface area contributed by atoms with Crippen molar-refractivity contribution in [3.8, 4) is 0 Å². The molecule has 0 spiro atoms. The molecule has 0 aliphatic rings. The molecule has 0 fully saturated rings. The van der Waals surface area contributed by atoms with E-state index in [2.05, 4.69) is 145 Å². The zero-order valence-electron chi connectivity index (χ0n) is 23.1. The minimum absolute atomic E-state index is 0.0131. The van der Waals surface area contributed by atoms with Crippen molar-refractivity contribution < 1.29 is 0 Å². The molecule has 0 aliphatic heterocycles. The van der Waals surface area contributed by atoms with Crippen LogP contribution in [0, 0.1) is 6.92 Å². The Morgan fingerprint density at radius 2 is 0.976 bits per heavy atom. The summed E-state index contributed by atoms with van der Waals surface area (Å²) in [6.45, 7) is 2.18. The van der Waals surface area contributed by atoms with E-state index in [4.69, 9.17) is 4.99 Å². The zero-order valence-corrected chi connectivity index (χ0v) is 23.1. The summed E-state index contributed by atoms with van der Waals surface area (Å²) in [5, 5.41) is 0. The van der Waals surface area contributed by atoms with Crippen molar-refractivity contribution in [2.75, 3.05) is 0 Å². The molecule has 41 heavy (non-hydrogen) atoms. The third-order valence-corrected chi connectivity index (χ3v) is 7.54. The highest BCUT2D eigenvalue weighted by Crippen LogP contribution is 2.43. The molecule has 198 valence electrons. The van der Waals surface area contributed by atoms with Crippen LogP contribution >= 0.6 is 0 Å². The van der Waals surface area contributed by atoms with E-state index in [0.29, 0.717) is 0 Å². The average molecular weight is 529 g/mol. The van der Waals surface area contributed by atoms with Gasteiger partial charge in [-0.3, -0.25) is 9.98 Å². The molecule has 6 rings (SSSR count). The van der Waals surface area contributed by atoms with Crippen LogP contribution in [-0.4, -0.2) is 11.2 Å². The third kappa shape index (κ3) is 5.92. The Labute approximate surface area is 242 Å². The number of aryl methyl sites for hydroxylation is 1. The van der Waals surface area contributed by atoms with Crippen LogP contribution in [0.25, 0.3) is 0 Å². The topological polar surface area (TPSA) is 25.2 Å². The monoisotopic (exact) mass is 528 g/mol. The van der Waals surface area contributed by atoms with Gasteiger partial charge in [0.05, 0.1) is 17.6 Å². The van der Waals surface area contributed by atoms with Crippen LogP contribution in [0.15, 0.2) is 163 Å². The lowest BCUT2D eigenvalue weighted by molar-refractivity contribution is 0.935. The molecule has 0 radical (unpaired) electrons. The van der Waals surface area contributed by atoms with Gasteiger partial charge in [0.15, 0.2) is 0 Å². The quantitative estimate of drug-likeness (QED) is 0.143. The normalized spacial score (nSPS) is 11.4. The predicted molar refractivity (Wildman–Crippen MR) is 170 cm³/mol. The summed E-state index contributed by atoms with van der Waals surface area (Å²) in [6.07, 6.45) is 3.68. The molecule has 0 unspecified atom stereocenters. The van der Waals surface area contributed by atoms with Crippen LogP contribution in [-0.2, 0) is 0 Å². The van der Waals surface area contributed by atoms with Gasteiger partial charge in [0.1, 0.15) is 0 Å². The van der Waals surface area contributed by atoms with Gasteiger partial charge < -0.3 is 0 Å². The van der Waals surface area contributed by atoms with Crippen LogP contribution in [0.5, 0.6) is 0 Å². The van der Waals surface area contributed by atoms with Gasteiger partial charge in [-0.25, -0.2) is 0 Å². The third-order valence-electron chi connectivity index (χ3n) is 7.54. The molecule has 0 atom stereocenters. The summed E-state index contributed by atoms with van der Waals surface area (Å²) < 4.78 is 0. The van der Waals surface area contributed by atoms with Crippen molar-refractivity contribution >= 4 is 11.9 Å². The van der Waals surface area contributed by atoms with Crippen molar-refractivity contribution in [1.82, 2.24) is 4.98 Å². The van der Waals surface area contributed by atoms with Crippen molar-refractivity contribution in [2.45, 2.75) is 18.8 Å². The standard InChI is InChI=1S/C39H32N2/c1-29-26-34(37(30-16-6-2-7-17-30)31-18-8-3-9-19-31)27-36(39(29)41-28-35-24-14-15-25-40-35)38(32-20-10-4-11-21-32)33-22-12-5-13-23-33/h2-28,37-38H,1H3. The van der Waals surface area contributed by atoms with Gasteiger partial charge in [0.25, 0.3) is 0 Å². The van der Waals surface area contributed by atoms with Crippen molar-refractivity contribution in [2.24, 2.45) is 4.99 Å². The maximum Gasteiger partial charge on any atom is 0.0812 e. The summed E-state index contributed by atoms with van der Waals surface area (Å²) in [5.74, 6) is 0.106. The Bertz CT molecular complexity index is 1630. The van der Waals surface area contributed by atoms with E-state index in [-0.39, 0.29) is 11.8 Å². The van der Waals surface area contributed by atoms with Gasteiger partial charge in [-0.1, -0.05) is 140 Å². The molecule has 0 bridgehead atoms. The van der Waals surface area contributed by atoms with Crippen molar-refractivity contribution in [3.63, 3.8) is 0 Å². The van der Waals surface area contributed by atoms with Gasteiger partial charge in [0.2, 0.25) is 0 Å². The van der Waals surface area contributed by atoms with Crippen molar-refractivity contribution in [3.05, 3.63) is 202 Å². The fourth-order valence-corrected chi connectivity index (χ4v) is 5.69. The summed E-state index contributed by atoms with van der Waals surface area (Å²) in [5.41, 5.74) is 10.4. The minimum atomic E-state index is 0.0131. The summed E-state index contributed by atoms with van der Waals surface area (Å²) in [4.78, 5) is 9.60. The molecule has 2 heteroatoms. The fraction of sp³-hybridized carbons (Fsp3) is 0.0769. The highest BCUT2D eigenvalue weighted by molar-refractivity contribution is 5.81. The number of benzene rings is 5. The summed E-state index contributed by atoms with van der Waals surface area (Å²) in [7, 11) is 0. The first-order valence-electron chi connectivity index (χ1n) is 14.1. The molecular weight excluding hydrogens is 496 g/mol. The summed E-state index contributed by atoms with van der Waals surface area (Å²) in [6, 6.07) is 53.7. The Hall–Kier alpha value is -5.08. The lowest BCUT2D eigenvalue weighted by Crippen LogP contribution is -2.09. The van der Waals surface area contributed by atoms with Crippen LogP contribution < -0.4 is 0 Å². The second kappa shape index (κ2) is 12.4. The molecule has 2 nitrogen and oxygen atoms in total. The number of hydrogen-bond donors (Lipinski definition) is 0. The Morgan fingerprint density at radius 3 is 1.44 bits per heavy atom. The largest absolute Gasteiger partial charge is 0.255 e. The van der Waals surface area contributed by atoms with Gasteiger partial charge in [-0.15, -0.1) is 0 Å². The van der Waals surface area contributed by atoms with E-state index in [1.165, 1.54) is 33.4 Å². The van der Waals surface area contributed by atoms with Gasteiger partial charge >= 0.3 is 0 Å². The zero-order chi connectivity index (χ0) is 27.9. The highest BCUT2D eigenvalue weighted by atomic mass is 14.8. The second-order valence-corrected chi connectivity index (χ2v) is 10.3. The smallest absolute Gasteiger partial charge is 0.0812 e. The maximum absolute atomic E-state index is 5.11. The van der Waals surface area contributed by atoms with Crippen LogP contribution in [0.2, 0.25) is 0 Å². The molecule has 0 amide bonds. The van der Waals surface area contributed by atoms with Crippen LogP contribution in [0.1, 0.15) is 56.5 Å². The van der Waals surface area contributed by atoms with Crippen LogP contribution in [0.4, 0.5) is 5.69 Å². The van der Waals surface area contributed by atoms with E-state index in [1.807, 2.05) is 24.4 Å². The molecule has 0 aliphatic carbocycles. The Morgan fingerprint density at radius 1 is 0.512 bits per heavy atom. The molecule has 5 aromatic carbocycles. The summed E-state index contributed by atoms with van der Waals surface area (Å²) >= 11 is 0. The van der Waals surface area contributed by atoms with E-state index < -0.39 is 0 Å². The first-order chi connectivity index (χ1) is 20.3. The van der Waals surface area contributed by atoms with Gasteiger partial charge in [-0.2, -0.15) is 0 Å². The lowest BCUT2D eigenvalue weighted by atomic mass is 9.79. The minimum Gasteiger partial charge on any atom is -0.255 e. The molecule has 0 N–H and O–H groups in total. The number of pyridine rings is 1. The molecular formula is C39H32N2. The number of nitrogens with zero attached hydrogens (tertiary/aromatic N) is 2. The van der Waals surface area contributed by atoms with E-state index in [9.17, 15) is 0 Å². The molecule has 0 saturated heterocycles. The van der Waals surface area contributed by atoms with Crippen molar-refractivity contribution in [1.29, 1.82) is 0 Å². The lowest BCUT2D eigenvalue weighted by Gasteiger charge is -2.26. The molecule has 1 aromatic heterocycles. The number of aromatic nitrogens is 1. The highest BCUT2D eigenvalue weighted by Gasteiger charge is 2.25. The fourth-order valence-electron chi connectivity index (χ4n) is 5.69. The molecule has 1 heterocycles. The maximum atomic E-state index is 5.11.